The quantitative estimate of drug-likeness (QED) is 0.561. The van der Waals surface area contributed by atoms with Crippen molar-refractivity contribution in [2.24, 2.45) is 0 Å². The lowest BCUT2D eigenvalue weighted by Crippen LogP contribution is -2.34. The zero-order chi connectivity index (χ0) is 15.0. The molecule has 0 fully saturated rings. The van der Waals surface area contributed by atoms with Crippen LogP contribution in [0.2, 0.25) is 0 Å². The molecule has 1 aromatic rings. The van der Waals surface area contributed by atoms with Crippen molar-refractivity contribution in [3.63, 3.8) is 0 Å². The first kappa shape index (κ1) is 17.1. The summed E-state index contributed by atoms with van der Waals surface area (Å²) in [5.74, 6) is -0.179. The lowest BCUT2D eigenvalue weighted by Gasteiger charge is -2.23. The second kappa shape index (κ2) is 9.10. The van der Waals surface area contributed by atoms with Gasteiger partial charge in [0.05, 0.1) is 13.5 Å². The number of likely N-dealkylation sites (N-methyl/N-ethyl adjacent to an activating group) is 1. The zero-order valence-corrected chi connectivity index (χ0v) is 13.8. The molecule has 4 nitrogen and oxygen atoms in total. The van der Waals surface area contributed by atoms with Gasteiger partial charge in [-0.05, 0) is 32.5 Å². The molecule has 20 heavy (non-hydrogen) atoms. The minimum Gasteiger partial charge on any atom is -0.469 e. The monoisotopic (exact) mass is 298 g/mol. The summed E-state index contributed by atoms with van der Waals surface area (Å²) in [4.78, 5) is 15.9. The van der Waals surface area contributed by atoms with Crippen LogP contribution in [0, 0.1) is 0 Å². The number of nitrogens with one attached hydrogen (secondary N) is 1. The third-order valence-corrected chi connectivity index (χ3v) is 4.63. The van der Waals surface area contributed by atoms with E-state index in [0.29, 0.717) is 12.5 Å². The minimum atomic E-state index is -0.179. The van der Waals surface area contributed by atoms with E-state index >= 15 is 0 Å². The zero-order valence-electron chi connectivity index (χ0n) is 12.9. The molecule has 0 bridgehead atoms. The summed E-state index contributed by atoms with van der Waals surface area (Å²) >= 11 is 1.67. The highest BCUT2D eigenvalue weighted by Gasteiger charge is 2.07. The number of rotatable bonds is 9. The van der Waals surface area contributed by atoms with E-state index in [1.807, 2.05) is 6.07 Å². The molecule has 0 saturated heterocycles. The van der Waals surface area contributed by atoms with Crippen molar-refractivity contribution in [3.8, 4) is 0 Å². The van der Waals surface area contributed by atoms with Gasteiger partial charge in [0.15, 0.2) is 0 Å². The smallest absolute Gasteiger partial charge is 0.310 e. The summed E-state index contributed by atoms with van der Waals surface area (Å²) in [5.41, 5.74) is 0. The number of methoxy groups -OCH3 is 1. The molecule has 1 aromatic heterocycles. The standard InChI is InChI=1S/C15H26N2O2S/c1-5-12(2)17(3)9-8-16-11-14-7-6-13(20-14)10-15(18)19-4/h6-7,12,16H,5,8-11H2,1-4H3. The fraction of sp³-hybridized carbons (Fsp3) is 0.667. The summed E-state index contributed by atoms with van der Waals surface area (Å²) in [6.07, 6.45) is 1.55. The van der Waals surface area contributed by atoms with E-state index in [-0.39, 0.29) is 5.97 Å². The first-order chi connectivity index (χ1) is 9.56. The van der Waals surface area contributed by atoms with Crippen LogP contribution in [0.15, 0.2) is 12.1 Å². The van der Waals surface area contributed by atoms with Crippen LogP contribution in [0.5, 0.6) is 0 Å². The molecular weight excluding hydrogens is 272 g/mol. The molecule has 0 aliphatic carbocycles. The summed E-state index contributed by atoms with van der Waals surface area (Å²) in [7, 11) is 3.58. The molecule has 1 atom stereocenters. The van der Waals surface area contributed by atoms with Crippen LogP contribution in [-0.4, -0.2) is 44.2 Å². The molecule has 1 unspecified atom stereocenters. The SMILES string of the molecule is CCC(C)N(C)CCNCc1ccc(CC(=O)OC)s1. The number of carbonyl (C=O) groups is 1. The molecule has 1 rings (SSSR count). The molecule has 0 spiro atoms. The summed E-state index contributed by atoms with van der Waals surface area (Å²) in [5, 5.41) is 3.44. The fourth-order valence-electron chi connectivity index (χ4n) is 1.83. The van der Waals surface area contributed by atoms with Crippen LogP contribution in [0.1, 0.15) is 30.0 Å². The van der Waals surface area contributed by atoms with Crippen molar-refractivity contribution >= 4 is 17.3 Å². The summed E-state index contributed by atoms with van der Waals surface area (Å²) in [6.45, 7) is 7.35. The van der Waals surface area contributed by atoms with Crippen LogP contribution in [-0.2, 0) is 22.5 Å². The van der Waals surface area contributed by atoms with Gasteiger partial charge in [-0.15, -0.1) is 11.3 Å². The average Bonchev–Trinajstić information content (AvgIpc) is 2.89. The Morgan fingerprint density at radius 2 is 2.15 bits per heavy atom. The number of esters is 1. The average molecular weight is 298 g/mol. The topological polar surface area (TPSA) is 41.6 Å². The van der Waals surface area contributed by atoms with Crippen LogP contribution >= 0.6 is 11.3 Å². The maximum absolute atomic E-state index is 11.2. The largest absolute Gasteiger partial charge is 0.469 e. The Morgan fingerprint density at radius 1 is 1.45 bits per heavy atom. The number of thiophene rings is 1. The Kier molecular flexibility index (Phi) is 7.80. The van der Waals surface area contributed by atoms with Crippen molar-refractivity contribution in [2.75, 3.05) is 27.2 Å². The van der Waals surface area contributed by atoms with Gasteiger partial charge >= 0.3 is 5.97 Å². The summed E-state index contributed by atoms with van der Waals surface area (Å²) in [6, 6.07) is 4.71. The Labute approximate surface area is 126 Å². The second-order valence-electron chi connectivity index (χ2n) is 5.04. The molecule has 0 aliphatic heterocycles. The molecule has 114 valence electrons. The van der Waals surface area contributed by atoms with E-state index in [2.05, 4.69) is 41.9 Å². The summed E-state index contributed by atoms with van der Waals surface area (Å²) < 4.78 is 4.67. The van der Waals surface area contributed by atoms with E-state index < -0.39 is 0 Å². The lowest BCUT2D eigenvalue weighted by atomic mass is 10.2. The number of ether oxygens (including phenoxy) is 1. The molecule has 5 heteroatoms. The molecule has 0 aliphatic rings. The fourth-order valence-corrected chi connectivity index (χ4v) is 2.80. The Hall–Kier alpha value is -0.910. The van der Waals surface area contributed by atoms with E-state index in [0.717, 1.165) is 24.5 Å². The Morgan fingerprint density at radius 3 is 2.80 bits per heavy atom. The molecule has 1 N–H and O–H groups in total. The van der Waals surface area contributed by atoms with Gasteiger partial charge in [-0.25, -0.2) is 0 Å². The highest BCUT2D eigenvalue weighted by Crippen LogP contribution is 2.17. The van der Waals surface area contributed by atoms with Crippen molar-refractivity contribution in [1.29, 1.82) is 0 Å². The van der Waals surface area contributed by atoms with Gasteiger partial charge < -0.3 is 15.0 Å². The second-order valence-corrected chi connectivity index (χ2v) is 6.29. The van der Waals surface area contributed by atoms with Crippen LogP contribution < -0.4 is 5.32 Å². The highest BCUT2D eigenvalue weighted by atomic mass is 32.1. The third kappa shape index (κ3) is 6.03. The highest BCUT2D eigenvalue weighted by molar-refractivity contribution is 7.12. The molecule has 0 radical (unpaired) electrons. The van der Waals surface area contributed by atoms with Gasteiger partial charge in [-0.1, -0.05) is 6.92 Å². The molecule has 0 saturated carbocycles. The van der Waals surface area contributed by atoms with E-state index in [1.165, 1.54) is 18.4 Å². The lowest BCUT2D eigenvalue weighted by molar-refractivity contribution is -0.139. The third-order valence-electron chi connectivity index (χ3n) is 3.55. The minimum absolute atomic E-state index is 0.179. The number of carbonyl (C=O) groups excluding carboxylic acids is 1. The van der Waals surface area contributed by atoms with Gasteiger partial charge in [-0.3, -0.25) is 4.79 Å². The van der Waals surface area contributed by atoms with Crippen LogP contribution in [0.4, 0.5) is 0 Å². The van der Waals surface area contributed by atoms with Gasteiger partial charge in [0.1, 0.15) is 0 Å². The molecule has 0 aromatic carbocycles. The maximum Gasteiger partial charge on any atom is 0.310 e. The number of hydrogen-bond acceptors (Lipinski definition) is 5. The van der Waals surface area contributed by atoms with Crippen molar-refractivity contribution in [2.45, 2.75) is 39.3 Å². The Balaban J connectivity index is 2.24. The first-order valence-corrected chi connectivity index (χ1v) is 7.93. The molecule has 0 amide bonds. The van der Waals surface area contributed by atoms with Gasteiger partial charge in [-0.2, -0.15) is 0 Å². The number of nitrogens with zero attached hydrogens (tertiary/aromatic N) is 1. The molecule has 1 heterocycles. The van der Waals surface area contributed by atoms with Crippen LogP contribution in [0.3, 0.4) is 0 Å². The van der Waals surface area contributed by atoms with Crippen molar-refractivity contribution < 1.29 is 9.53 Å². The van der Waals surface area contributed by atoms with Crippen LogP contribution in [0.25, 0.3) is 0 Å². The van der Waals surface area contributed by atoms with Gasteiger partial charge in [0.2, 0.25) is 0 Å². The predicted octanol–water partition coefficient (Wildman–Crippen LogP) is 2.28. The molecular formula is C15H26N2O2S. The first-order valence-electron chi connectivity index (χ1n) is 7.12. The van der Waals surface area contributed by atoms with Gasteiger partial charge in [0.25, 0.3) is 0 Å². The Bertz CT molecular complexity index is 406. The number of hydrogen-bond donors (Lipinski definition) is 1. The van der Waals surface area contributed by atoms with E-state index in [9.17, 15) is 4.79 Å². The van der Waals surface area contributed by atoms with Gasteiger partial charge in [0, 0.05) is 35.4 Å². The van der Waals surface area contributed by atoms with E-state index in [4.69, 9.17) is 0 Å². The normalized spacial score (nSPS) is 12.7. The maximum atomic E-state index is 11.2. The predicted molar refractivity (Wildman–Crippen MR) is 84.1 cm³/mol. The van der Waals surface area contributed by atoms with E-state index in [1.54, 1.807) is 11.3 Å². The van der Waals surface area contributed by atoms with Crippen molar-refractivity contribution in [1.82, 2.24) is 10.2 Å². The van der Waals surface area contributed by atoms with Crippen molar-refractivity contribution in [3.05, 3.63) is 21.9 Å².